The maximum Gasteiger partial charge on any atom is 0.358 e. The van der Waals surface area contributed by atoms with Crippen molar-refractivity contribution in [2.75, 3.05) is 6.26 Å². The highest BCUT2D eigenvalue weighted by atomic mass is 32.2. The first-order chi connectivity index (χ1) is 10.7. The average molecular weight is 317 g/mol. The molecule has 0 amide bonds. The minimum absolute atomic E-state index is 0.0986. The van der Waals surface area contributed by atoms with E-state index < -0.39 is 5.97 Å². The summed E-state index contributed by atoms with van der Waals surface area (Å²) in [5, 5.41) is 17.5. The Morgan fingerprint density at radius 3 is 2.77 bits per heavy atom. The van der Waals surface area contributed by atoms with Crippen LogP contribution in [0.25, 0.3) is 5.69 Å². The molecule has 1 aromatic carbocycles. The fourth-order valence-corrected chi connectivity index (χ4v) is 3.57. The zero-order chi connectivity index (χ0) is 15.5. The molecule has 0 radical (unpaired) electrons. The Labute approximate surface area is 133 Å². The van der Waals surface area contributed by atoms with E-state index in [0.29, 0.717) is 0 Å². The summed E-state index contributed by atoms with van der Waals surface area (Å²) in [5.74, 6) is -0.763. The van der Waals surface area contributed by atoms with Gasteiger partial charge in [0.1, 0.15) is 0 Å². The summed E-state index contributed by atoms with van der Waals surface area (Å²) in [6.07, 6.45) is 7.54. The number of hydrogen-bond donors (Lipinski definition) is 1. The van der Waals surface area contributed by atoms with Gasteiger partial charge in [-0.25, -0.2) is 9.48 Å². The Balaban J connectivity index is 2.08. The molecule has 1 fully saturated rings. The third-order valence-corrected chi connectivity index (χ3v) is 4.92. The summed E-state index contributed by atoms with van der Waals surface area (Å²) in [5.41, 5.74) is 1.74. The van der Waals surface area contributed by atoms with E-state index in [1.165, 1.54) is 6.42 Å². The highest BCUT2D eigenvalue weighted by Crippen LogP contribution is 2.35. The first-order valence-electron chi connectivity index (χ1n) is 7.54. The second-order valence-corrected chi connectivity index (χ2v) is 6.46. The lowest BCUT2D eigenvalue weighted by atomic mass is 9.86. The van der Waals surface area contributed by atoms with E-state index in [4.69, 9.17) is 0 Å². The van der Waals surface area contributed by atoms with Crippen LogP contribution in [0.4, 0.5) is 0 Å². The summed E-state index contributed by atoms with van der Waals surface area (Å²) in [4.78, 5) is 12.6. The molecule has 3 rings (SSSR count). The fourth-order valence-electron chi connectivity index (χ4n) is 3.12. The highest BCUT2D eigenvalue weighted by Gasteiger charge is 2.28. The van der Waals surface area contributed by atoms with Gasteiger partial charge in [-0.1, -0.05) is 30.5 Å². The summed E-state index contributed by atoms with van der Waals surface area (Å²) < 4.78 is 1.72. The van der Waals surface area contributed by atoms with Crippen LogP contribution in [0.15, 0.2) is 29.2 Å². The fraction of sp³-hybridized carbons (Fsp3) is 0.438. The number of aromatic nitrogens is 3. The number of aromatic carboxylic acids is 1. The lowest BCUT2D eigenvalue weighted by Gasteiger charge is -2.22. The molecule has 2 aromatic rings. The van der Waals surface area contributed by atoms with Gasteiger partial charge in [0.25, 0.3) is 0 Å². The molecule has 116 valence electrons. The maximum absolute atomic E-state index is 11.5. The predicted molar refractivity (Wildman–Crippen MR) is 85.9 cm³/mol. The quantitative estimate of drug-likeness (QED) is 0.870. The Hall–Kier alpha value is -1.82. The maximum atomic E-state index is 11.5. The summed E-state index contributed by atoms with van der Waals surface area (Å²) in [6.45, 7) is 0. The van der Waals surface area contributed by atoms with Gasteiger partial charge in [-0.15, -0.1) is 16.9 Å². The van der Waals surface area contributed by atoms with E-state index in [9.17, 15) is 9.90 Å². The monoisotopic (exact) mass is 317 g/mol. The van der Waals surface area contributed by atoms with Crippen LogP contribution in [0.5, 0.6) is 0 Å². The molecule has 1 N–H and O–H groups in total. The largest absolute Gasteiger partial charge is 0.476 e. The Kier molecular flexibility index (Phi) is 4.47. The minimum atomic E-state index is -0.993. The van der Waals surface area contributed by atoms with Crippen LogP contribution < -0.4 is 0 Å². The highest BCUT2D eigenvalue weighted by molar-refractivity contribution is 7.98. The molecule has 1 aromatic heterocycles. The van der Waals surface area contributed by atoms with E-state index in [2.05, 4.69) is 10.3 Å². The number of carboxylic acid groups (broad SMARTS) is 1. The third-order valence-electron chi connectivity index (χ3n) is 4.20. The van der Waals surface area contributed by atoms with Gasteiger partial charge in [0.2, 0.25) is 0 Å². The van der Waals surface area contributed by atoms with Gasteiger partial charge in [0.05, 0.1) is 11.4 Å². The van der Waals surface area contributed by atoms with Crippen molar-refractivity contribution in [1.29, 1.82) is 0 Å². The molecular weight excluding hydrogens is 298 g/mol. The van der Waals surface area contributed by atoms with Crippen LogP contribution in [-0.4, -0.2) is 32.3 Å². The second kappa shape index (κ2) is 6.52. The van der Waals surface area contributed by atoms with E-state index in [-0.39, 0.29) is 11.6 Å². The number of carboxylic acids is 1. The molecule has 0 spiro atoms. The number of thioether (sulfide) groups is 1. The van der Waals surface area contributed by atoms with Crippen LogP contribution >= 0.6 is 11.8 Å². The third kappa shape index (κ3) is 2.88. The lowest BCUT2D eigenvalue weighted by Crippen LogP contribution is -2.14. The molecule has 1 aliphatic rings. The molecule has 0 unspecified atom stereocenters. The topological polar surface area (TPSA) is 68.0 Å². The predicted octanol–water partition coefficient (Wildman–Crippen LogP) is 3.74. The van der Waals surface area contributed by atoms with E-state index >= 15 is 0 Å². The van der Waals surface area contributed by atoms with Crippen LogP contribution in [-0.2, 0) is 0 Å². The number of carbonyl (C=O) groups is 1. The van der Waals surface area contributed by atoms with Gasteiger partial charge in [0, 0.05) is 10.8 Å². The standard InChI is InChI=1S/C16H19N3O2S/c1-22-13-9-5-8-12(10-13)19-15(11-6-3-2-4-7-11)14(16(20)21)17-18-19/h5,8-11H,2-4,6-7H2,1H3,(H,20,21). The van der Waals surface area contributed by atoms with Crippen molar-refractivity contribution in [3.63, 3.8) is 0 Å². The van der Waals surface area contributed by atoms with E-state index in [1.54, 1.807) is 16.4 Å². The summed E-state index contributed by atoms with van der Waals surface area (Å²) in [6, 6.07) is 7.97. The molecule has 0 aliphatic heterocycles. The molecule has 0 atom stereocenters. The van der Waals surface area contributed by atoms with Crippen molar-refractivity contribution in [3.05, 3.63) is 35.7 Å². The molecule has 1 heterocycles. The van der Waals surface area contributed by atoms with Gasteiger partial charge in [0.15, 0.2) is 5.69 Å². The molecule has 0 saturated heterocycles. The number of nitrogens with zero attached hydrogens (tertiary/aromatic N) is 3. The van der Waals surface area contributed by atoms with Crippen molar-refractivity contribution < 1.29 is 9.90 Å². The molecule has 5 nitrogen and oxygen atoms in total. The zero-order valence-corrected chi connectivity index (χ0v) is 13.3. The van der Waals surface area contributed by atoms with Crippen LogP contribution in [0.3, 0.4) is 0 Å². The van der Waals surface area contributed by atoms with E-state index in [1.807, 2.05) is 30.5 Å². The van der Waals surface area contributed by atoms with Crippen LogP contribution in [0.2, 0.25) is 0 Å². The molecule has 0 bridgehead atoms. The van der Waals surface area contributed by atoms with Gasteiger partial charge < -0.3 is 5.11 Å². The SMILES string of the molecule is CSc1cccc(-n2nnc(C(=O)O)c2C2CCCCC2)c1. The van der Waals surface area contributed by atoms with Crippen molar-refractivity contribution in [3.8, 4) is 5.69 Å². The number of rotatable bonds is 4. The molecule has 1 saturated carbocycles. The van der Waals surface area contributed by atoms with Crippen molar-refractivity contribution in [2.24, 2.45) is 0 Å². The summed E-state index contributed by atoms with van der Waals surface area (Å²) >= 11 is 1.65. The van der Waals surface area contributed by atoms with Crippen molar-refractivity contribution >= 4 is 17.7 Å². The van der Waals surface area contributed by atoms with Crippen LogP contribution in [0.1, 0.15) is 54.2 Å². The normalized spacial score (nSPS) is 15.9. The van der Waals surface area contributed by atoms with Gasteiger partial charge in [-0.3, -0.25) is 0 Å². The molecule has 22 heavy (non-hydrogen) atoms. The average Bonchev–Trinajstić information content (AvgIpc) is 3.01. The Bertz CT molecular complexity index is 678. The zero-order valence-electron chi connectivity index (χ0n) is 12.5. The molecule has 6 heteroatoms. The van der Waals surface area contributed by atoms with Crippen molar-refractivity contribution in [1.82, 2.24) is 15.0 Å². The van der Waals surface area contributed by atoms with Crippen LogP contribution in [0, 0.1) is 0 Å². The number of hydrogen-bond acceptors (Lipinski definition) is 4. The Morgan fingerprint density at radius 1 is 1.32 bits per heavy atom. The van der Waals surface area contributed by atoms with Gasteiger partial charge in [-0.05, 0) is 37.3 Å². The smallest absolute Gasteiger partial charge is 0.358 e. The first kappa shape index (κ1) is 15.1. The van der Waals surface area contributed by atoms with Crippen molar-refractivity contribution in [2.45, 2.75) is 42.9 Å². The number of benzene rings is 1. The second-order valence-electron chi connectivity index (χ2n) is 5.58. The van der Waals surface area contributed by atoms with Gasteiger partial charge in [-0.2, -0.15) is 0 Å². The minimum Gasteiger partial charge on any atom is -0.476 e. The Morgan fingerprint density at radius 2 is 2.09 bits per heavy atom. The van der Waals surface area contributed by atoms with E-state index in [0.717, 1.165) is 42.0 Å². The summed E-state index contributed by atoms with van der Waals surface area (Å²) in [7, 11) is 0. The first-order valence-corrected chi connectivity index (χ1v) is 8.76. The molecule has 1 aliphatic carbocycles. The van der Waals surface area contributed by atoms with Gasteiger partial charge >= 0.3 is 5.97 Å². The lowest BCUT2D eigenvalue weighted by molar-refractivity contribution is 0.0688. The molecular formula is C16H19N3O2S.